The van der Waals surface area contributed by atoms with Gasteiger partial charge in [-0.2, -0.15) is 0 Å². The maximum Gasteiger partial charge on any atom is 0.262 e. The van der Waals surface area contributed by atoms with E-state index in [2.05, 4.69) is 9.97 Å². The van der Waals surface area contributed by atoms with E-state index in [4.69, 9.17) is 0 Å². The smallest absolute Gasteiger partial charge is 0.262 e. The van der Waals surface area contributed by atoms with Crippen LogP contribution in [0.1, 0.15) is 42.3 Å². The number of thiophene rings is 1. The van der Waals surface area contributed by atoms with Gasteiger partial charge in [0.05, 0.1) is 29.6 Å². The van der Waals surface area contributed by atoms with E-state index in [-0.39, 0.29) is 11.5 Å². The van der Waals surface area contributed by atoms with Crippen molar-refractivity contribution >= 4 is 49.6 Å². The number of hydrogen-bond acceptors (Lipinski definition) is 6. The van der Waals surface area contributed by atoms with Crippen molar-refractivity contribution in [3.63, 3.8) is 0 Å². The Morgan fingerprint density at radius 1 is 1.16 bits per heavy atom. The van der Waals surface area contributed by atoms with Gasteiger partial charge >= 0.3 is 0 Å². The molecule has 1 amide bonds. The van der Waals surface area contributed by atoms with Crippen LogP contribution in [0.5, 0.6) is 0 Å². The number of benzene rings is 1. The second-order valence-electron chi connectivity index (χ2n) is 7.73. The average molecular weight is 451 g/mol. The van der Waals surface area contributed by atoms with E-state index < -0.39 is 0 Å². The first-order valence-corrected chi connectivity index (χ1v) is 12.1. The summed E-state index contributed by atoms with van der Waals surface area (Å²) in [6.07, 6.45) is 7.16. The Morgan fingerprint density at radius 2 is 1.97 bits per heavy atom. The summed E-state index contributed by atoms with van der Waals surface area (Å²) in [5, 5.41) is 3.29. The molecule has 158 valence electrons. The zero-order valence-electron chi connectivity index (χ0n) is 17.2. The predicted octanol–water partition coefficient (Wildman–Crippen LogP) is 4.92. The minimum absolute atomic E-state index is 0.00503. The Hall–Kier alpha value is -2.84. The van der Waals surface area contributed by atoms with Crippen molar-refractivity contribution in [2.24, 2.45) is 0 Å². The molecule has 0 radical (unpaired) electrons. The van der Waals surface area contributed by atoms with E-state index in [9.17, 15) is 9.59 Å². The fraction of sp³-hybridized carbons (Fsp3) is 0.304. The Balaban J connectivity index is 1.48. The topological polar surface area (TPSA) is 68.1 Å². The van der Waals surface area contributed by atoms with Gasteiger partial charge in [0.1, 0.15) is 4.83 Å². The minimum atomic E-state index is -0.103. The van der Waals surface area contributed by atoms with Gasteiger partial charge in [0, 0.05) is 17.2 Å². The average Bonchev–Trinajstić information content (AvgIpc) is 3.28. The largest absolute Gasteiger partial charge is 0.293 e. The predicted molar refractivity (Wildman–Crippen MR) is 126 cm³/mol. The minimum Gasteiger partial charge on any atom is -0.293 e. The van der Waals surface area contributed by atoms with Crippen molar-refractivity contribution in [1.29, 1.82) is 0 Å². The number of aromatic nitrogens is 3. The molecule has 1 aliphatic carbocycles. The van der Waals surface area contributed by atoms with E-state index in [0.717, 1.165) is 40.9 Å². The molecule has 8 heteroatoms. The van der Waals surface area contributed by atoms with E-state index in [1.54, 1.807) is 27.1 Å². The summed E-state index contributed by atoms with van der Waals surface area (Å²) in [6.45, 7) is 1.86. The third kappa shape index (κ3) is 3.81. The molecule has 0 N–H and O–H groups in total. The number of amides is 1. The summed E-state index contributed by atoms with van der Waals surface area (Å²) in [7, 11) is 0. The van der Waals surface area contributed by atoms with Crippen molar-refractivity contribution in [3.05, 3.63) is 68.5 Å². The van der Waals surface area contributed by atoms with E-state index in [0.29, 0.717) is 11.7 Å². The number of para-hydroxylation sites is 1. The second kappa shape index (κ2) is 8.36. The molecule has 0 saturated heterocycles. The van der Waals surface area contributed by atoms with Gasteiger partial charge in [0.15, 0.2) is 5.13 Å². The van der Waals surface area contributed by atoms with Crippen molar-refractivity contribution in [2.45, 2.75) is 45.6 Å². The SMILES string of the molecule is CC(=O)N(c1ccccc1)c1nc(Cn2cnc3sc4c(c3c2=O)CCCCC4)cs1. The van der Waals surface area contributed by atoms with Gasteiger partial charge in [0.25, 0.3) is 5.56 Å². The molecule has 0 spiro atoms. The lowest BCUT2D eigenvalue weighted by molar-refractivity contribution is -0.115. The number of fused-ring (bicyclic) bond motifs is 3. The zero-order chi connectivity index (χ0) is 21.4. The van der Waals surface area contributed by atoms with Crippen LogP contribution in [-0.4, -0.2) is 20.4 Å². The van der Waals surface area contributed by atoms with Gasteiger partial charge < -0.3 is 0 Å². The lowest BCUT2D eigenvalue weighted by Crippen LogP contribution is -2.23. The number of rotatable bonds is 4. The van der Waals surface area contributed by atoms with Gasteiger partial charge in [-0.25, -0.2) is 9.97 Å². The number of nitrogens with zero attached hydrogens (tertiary/aromatic N) is 4. The number of carbonyl (C=O) groups excluding carboxylic acids is 1. The highest BCUT2D eigenvalue weighted by Gasteiger charge is 2.21. The second-order valence-corrected chi connectivity index (χ2v) is 9.65. The summed E-state index contributed by atoms with van der Waals surface area (Å²) in [6, 6.07) is 9.46. The fourth-order valence-corrected chi connectivity index (χ4v) is 6.22. The Morgan fingerprint density at radius 3 is 2.77 bits per heavy atom. The molecule has 31 heavy (non-hydrogen) atoms. The van der Waals surface area contributed by atoms with Crippen molar-refractivity contribution in [2.75, 3.05) is 4.90 Å². The molecule has 0 aliphatic heterocycles. The molecule has 0 bridgehead atoms. The Kier molecular flexibility index (Phi) is 5.41. The molecule has 0 unspecified atom stereocenters. The molecule has 6 nitrogen and oxygen atoms in total. The zero-order valence-corrected chi connectivity index (χ0v) is 18.8. The molecule has 1 aliphatic rings. The number of hydrogen-bond donors (Lipinski definition) is 0. The fourth-order valence-electron chi connectivity index (χ4n) is 4.12. The third-order valence-corrected chi connectivity index (χ3v) is 7.66. The van der Waals surface area contributed by atoms with Gasteiger partial charge in [-0.3, -0.25) is 19.1 Å². The maximum atomic E-state index is 13.3. The first-order valence-electron chi connectivity index (χ1n) is 10.4. The van der Waals surface area contributed by atoms with Crippen LogP contribution < -0.4 is 10.5 Å². The quantitative estimate of drug-likeness (QED) is 0.414. The Bertz CT molecular complexity index is 1310. The lowest BCUT2D eigenvalue weighted by atomic mass is 10.1. The molecular formula is C23H22N4O2S2. The molecule has 5 rings (SSSR count). The number of thiazole rings is 1. The molecule has 0 fully saturated rings. The third-order valence-electron chi connectivity index (χ3n) is 5.58. The summed E-state index contributed by atoms with van der Waals surface area (Å²) < 4.78 is 1.64. The molecular weight excluding hydrogens is 428 g/mol. The maximum absolute atomic E-state index is 13.3. The van der Waals surface area contributed by atoms with Gasteiger partial charge in [-0.15, -0.1) is 22.7 Å². The first kappa shape index (κ1) is 20.1. The van der Waals surface area contributed by atoms with Gasteiger partial charge in [0.2, 0.25) is 5.91 Å². The number of aryl methyl sites for hydroxylation is 2. The van der Waals surface area contributed by atoms with Crippen LogP contribution in [0, 0.1) is 0 Å². The monoisotopic (exact) mass is 450 g/mol. The summed E-state index contributed by atoms with van der Waals surface area (Å²) in [5.74, 6) is -0.103. The number of anilines is 2. The molecule has 4 aromatic rings. The normalized spacial score (nSPS) is 13.7. The van der Waals surface area contributed by atoms with Crippen molar-refractivity contribution < 1.29 is 4.79 Å². The molecule has 3 aromatic heterocycles. The van der Waals surface area contributed by atoms with Gasteiger partial charge in [-0.1, -0.05) is 24.6 Å². The summed E-state index contributed by atoms with van der Waals surface area (Å²) in [5.41, 5.74) is 2.73. The van der Waals surface area contributed by atoms with Crippen molar-refractivity contribution in [3.8, 4) is 0 Å². The summed E-state index contributed by atoms with van der Waals surface area (Å²) >= 11 is 3.07. The van der Waals surface area contributed by atoms with Crippen LogP contribution in [0.2, 0.25) is 0 Å². The van der Waals surface area contributed by atoms with Crippen molar-refractivity contribution in [1.82, 2.24) is 14.5 Å². The van der Waals surface area contributed by atoms with Crippen LogP contribution in [-0.2, 0) is 24.2 Å². The summed E-state index contributed by atoms with van der Waals surface area (Å²) in [4.78, 5) is 38.6. The van der Waals surface area contributed by atoms with E-state index >= 15 is 0 Å². The highest BCUT2D eigenvalue weighted by atomic mass is 32.1. The van der Waals surface area contributed by atoms with Crippen LogP contribution in [0.4, 0.5) is 10.8 Å². The van der Waals surface area contributed by atoms with Gasteiger partial charge in [-0.05, 0) is 43.4 Å². The van der Waals surface area contributed by atoms with E-state index in [1.165, 1.54) is 41.5 Å². The number of carbonyl (C=O) groups is 1. The molecule has 0 atom stereocenters. The highest BCUT2D eigenvalue weighted by Crippen LogP contribution is 2.33. The lowest BCUT2D eigenvalue weighted by Gasteiger charge is -2.17. The van der Waals surface area contributed by atoms with Crippen LogP contribution in [0.25, 0.3) is 10.2 Å². The van der Waals surface area contributed by atoms with Crippen LogP contribution in [0.15, 0.2) is 46.8 Å². The standard InChI is InChI=1S/C23H22N4O2S2/c1-15(28)27(17-8-4-2-5-9-17)23-25-16(13-30-23)12-26-14-24-21-20(22(26)29)18-10-6-3-7-11-19(18)31-21/h2,4-5,8-9,13-14H,3,6-7,10-12H2,1H3. The van der Waals surface area contributed by atoms with E-state index in [1.807, 2.05) is 35.7 Å². The molecule has 3 heterocycles. The molecule has 1 aromatic carbocycles. The first-order chi connectivity index (χ1) is 15.1. The van der Waals surface area contributed by atoms with Crippen LogP contribution in [0.3, 0.4) is 0 Å². The molecule has 0 saturated carbocycles. The Labute approximate surface area is 187 Å². The van der Waals surface area contributed by atoms with Crippen LogP contribution >= 0.6 is 22.7 Å². The highest BCUT2D eigenvalue weighted by molar-refractivity contribution is 7.18.